The highest BCUT2D eigenvalue weighted by Gasteiger charge is 2.19. The summed E-state index contributed by atoms with van der Waals surface area (Å²) in [5, 5.41) is 0. The zero-order chi connectivity index (χ0) is 16.0. The van der Waals surface area contributed by atoms with E-state index >= 15 is 0 Å². The van der Waals surface area contributed by atoms with Crippen LogP contribution in [0.2, 0.25) is 0 Å². The maximum Gasteiger partial charge on any atom is 0.242 e. The average molecular weight is 314 g/mol. The predicted octanol–water partition coefficient (Wildman–Crippen LogP) is 0.937. The van der Waals surface area contributed by atoms with Crippen molar-refractivity contribution in [2.24, 2.45) is 5.73 Å². The molecule has 3 N–H and O–H groups in total. The summed E-state index contributed by atoms with van der Waals surface area (Å²) in [5.74, 6) is 0. The Morgan fingerprint density at radius 3 is 2.43 bits per heavy atom. The minimum Gasteiger partial charge on any atom is -0.325 e. The van der Waals surface area contributed by atoms with Crippen molar-refractivity contribution in [2.45, 2.75) is 51.2 Å². The number of pyridine rings is 1. The van der Waals surface area contributed by atoms with E-state index in [0.717, 1.165) is 0 Å². The van der Waals surface area contributed by atoms with E-state index in [0.29, 0.717) is 30.9 Å². The second-order valence-corrected chi connectivity index (χ2v) is 7.21. The van der Waals surface area contributed by atoms with Crippen LogP contribution in [-0.2, 0) is 16.6 Å². The van der Waals surface area contributed by atoms with Crippen molar-refractivity contribution in [3.63, 3.8) is 0 Å². The molecule has 0 bridgehead atoms. The molecular formula is C14H26N4O2S. The van der Waals surface area contributed by atoms with Gasteiger partial charge in [0.2, 0.25) is 10.0 Å². The Labute approximate surface area is 127 Å². The van der Waals surface area contributed by atoms with Gasteiger partial charge in [0, 0.05) is 37.9 Å². The van der Waals surface area contributed by atoms with Crippen molar-refractivity contribution in [1.29, 1.82) is 0 Å². The lowest BCUT2D eigenvalue weighted by molar-refractivity contribution is 0.179. The smallest absolute Gasteiger partial charge is 0.242 e. The zero-order valence-electron chi connectivity index (χ0n) is 13.2. The lowest BCUT2D eigenvalue weighted by atomic mass is 10.2. The van der Waals surface area contributed by atoms with Gasteiger partial charge in [-0.15, -0.1) is 0 Å². The van der Waals surface area contributed by atoms with Crippen LogP contribution in [0.1, 0.15) is 33.4 Å². The molecule has 1 aromatic heterocycles. The first-order valence-electron chi connectivity index (χ1n) is 7.19. The van der Waals surface area contributed by atoms with Gasteiger partial charge in [-0.1, -0.05) is 0 Å². The standard InChI is InChI=1S/C14H26N4O2S/c1-11(2)18(12(3)4)9-8-17-21(19,20)14-6-5-7-16-13(14)10-15/h5-7,11-12,17H,8-10,15H2,1-4H3. The Morgan fingerprint density at radius 1 is 1.29 bits per heavy atom. The first-order chi connectivity index (χ1) is 9.79. The van der Waals surface area contributed by atoms with E-state index < -0.39 is 10.0 Å². The molecule has 1 aromatic rings. The quantitative estimate of drug-likeness (QED) is 0.745. The molecule has 0 spiro atoms. The summed E-state index contributed by atoms with van der Waals surface area (Å²) in [4.78, 5) is 6.40. The van der Waals surface area contributed by atoms with Crippen molar-refractivity contribution < 1.29 is 8.42 Å². The summed E-state index contributed by atoms with van der Waals surface area (Å²) in [5.41, 5.74) is 5.92. The number of nitrogens with two attached hydrogens (primary N) is 1. The molecule has 21 heavy (non-hydrogen) atoms. The highest BCUT2D eigenvalue weighted by atomic mass is 32.2. The molecular weight excluding hydrogens is 288 g/mol. The van der Waals surface area contributed by atoms with Crippen LogP contribution in [0.15, 0.2) is 23.2 Å². The third-order valence-corrected chi connectivity index (χ3v) is 4.85. The molecule has 0 unspecified atom stereocenters. The topological polar surface area (TPSA) is 88.3 Å². The Morgan fingerprint density at radius 2 is 1.90 bits per heavy atom. The molecule has 0 aromatic carbocycles. The van der Waals surface area contributed by atoms with E-state index in [2.05, 4.69) is 42.3 Å². The van der Waals surface area contributed by atoms with E-state index in [4.69, 9.17) is 5.73 Å². The number of sulfonamides is 1. The maximum absolute atomic E-state index is 12.3. The number of rotatable bonds is 8. The first kappa shape index (κ1) is 18.0. The fraction of sp³-hybridized carbons (Fsp3) is 0.643. The van der Waals surface area contributed by atoms with Crippen molar-refractivity contribution in [2.75, 3.05) is 13.1 Å². The second-order valence-electron chi connectivity index (χ2n) is 5.48. The van der Waals surface area contributed by atoms with Gasteiger partial charge in [-0.25, -0.2) is 13.1 Å². The van der Waals surface area contributed by atoms with Crippen molar-refractivity contribution in [3.8, 4) is 0 Å². The van der Waals surface area contributed by atoms with Gasteiger partial charge >= 0.3 is 0 Å². The summed E-state index contributed by atoms with van der Waals surface area (Å²) in [6.07, 6.45) is 1.54. The molecule has 1 rings (SSSR count). The van der Waals surface area contributed by atoms with Gasteiger partial charge in [-0.05, 0) is 39.8 Å². The molecule has 0 radical (unpaired) electrons. The van der Waals surface area contributed by atoms with Crippen LogP contribution in [0.5, 0.6) is 0 Å². The van der Waals surface area contributed by atoms with E-state index in [-0.39, 0.29) is 11.4 Å². The third kappa shape index (κ3) is 5.03. The summed E-state index contributed by atoms with van der Waals surface area (Å²) < 4.78 is 27.2. The second kappa shape index (κ2) is 7.84. The zero-order valence-corrected chi connectivity index (χ0v) is 14.0. The van der Waals surface area contributed by atoms with Gasteiger partial charge in [-0.2, -0.15) is 0 Å². The van der Waals surface area contributed by atoms with Gasteiger partial charge in [-0.3, -0.25) is 9.88 Å². The molecule has 0 saturated heterocycles. The monoisotopic (exact) mass is 314 g/mol. The van der Waals surface area contributed by atoms with E-state index in [1.807, 2.05) is 0 Å². The Bertz CT molecular complexity index is 536. The van der Waals surface area contributed by atoms with Crippen LogP contribution in [0.4, 0.5) is 0 Å². The van der Waals surface area contributed by atoms with Gasteiger partial charge in [0.05, 0.1) is 5.69 Å². The summed E-state index contributed by atoms with van der Waals surface area (Å²) in [7, 11) is -3.57. The molecule has 0 fully saturated rings. The van der Waals surface area contributed by atoms with Crippen molar-refractivity contribution in [1.82, 2.24) is 14.6 Å². The number of hydrogen-bond acceptors (Lipinski definition) is 5. The Hall–Kier alpha value is -1.02. The average Bonchev–Trinajstić information content (AvgIpc) is 2.42. The van der Waals surface area contributed by atoms with Gasteiger partial charge in [0.1, 0.15) is 4.90 Å². The summed E-state index contributed by atoms with van der Waals surface area (Å²) in [6, 6.07) is 3.86. The normalized spacial score (nSPS) is 12.6. The van der Waals surface area contributed by atoms with E-state index in [1.165, 1.54) is 6.07 Å². The predicted molar refractivity (Wildman–Crippen MR) is 84.3 cm³/mol. The van der Waals surface area contributed by atoms with Gasteiger partial charge in [0.25, 0.3) is 0 Å². The minimum atomic E-state index is -3.57. The van der Waals surface area contributed by atoms with Gasteiger partial charge < -0.3 is 5.73 Å². The first-order valence-corrected chi connectivity index (χ1v) is 8.67. The molecule has 0 amide bonds. The Balaban J connectivity index is 2.74. The molecule has 0 aliphatic carbocycles. The SMILES string of the molecule is CC(C)N(CCNS(=O)(=O)c1cccnc1CN)C(C)C. The fourth-order valence-electron chi connectivity index (χ4n) is 2.32. The lowest BCUT2D eigenvalue weighted by Gasteiger charge is -2.30. The van der Waals surface area contributed by atoms with E-state index in [9.17, 15) is 8.42 Å². The number of nitrogens with one attached hydrogen (secondary N) is 1. The van der Waals surface area contributed by atoms with Crippen LogP contribution >= 0.6 is 0 Å². The molecule has 6 nitrogen and oxygen atoms in total. The Kier molecular flexibility index (Phi) is 6.73. The number of aromatic nitrogens is 1. The number of nitrogens with zero attached hydrogens (tertiary/aromatic N) is 2. The summed E-state index contributed by atoms with van der Waals surface area (Å²) >= 11 is 0. The van der Waals surface area contributed by atoms with Crippen LogP contribution in [0.3, 0.4) is 0 Å². The third-order valence-electron chi connectivity index (χ3n) is 3.32. The maximum atomic E-state index is 12.3. The van der Waals surface area contributed by atoms with Crippen LogP contribution in [-0.4, -0.2) is 43.5 Å². The highest BCUT2D eigenvalue weighted by molar-refractivity contribution is 7.89. The number of hydrogen-bond donors (Lipinski definition) is 2. The molecule has 1 heterocycles. The van der Waals surface area contributed by atoms with Crippen molar-refractivity contribution in [3.05, 3.63) is 24.0 Å². The largest absolute Gasteiger partial charge is 0.325 e. The molecule has 0 aliphatic rings. The lowest BCUT2D eigenvalue weighted by Crippen LogP contribution is -2.42. The molecule has 0 saturated carbocycles. The van der Waals surface area contributed by atoms with Crippen molar-refractivity contribution >= 4 is 10.0 Å². The minimum absolute atomic E-state index is 0.0984. The molecule has 0 aliphatic heterocycles. The molecule has 0 atom stereocenters. The van der Waals surface area contributed by atoms with E-state index in [1.54, 1.807) is 12.3 Å². The fourth-order valence-corrected chi connectivity index (χ4v) is 3.54. The van der Waals surface area contributed by atoms with Crippen LogP contribution in [0.25, 0.3) is 0 Å². The van der Waals surface area contributed by atoms with Crippen LogP contribution < -0.4 is 10.5 Å². The van der Waals surface area contributed by atoms with Crippen LogP contribution in [0, 0.1) is 0 Å². The highest BCUT2D eigenvalue weighted by Crippen LogP contribution is 2.12. The van der Waals surface area contributed by atoms with Gasteiger partial charge in [0.15, 0.2) is 0 Å². The molecule has 7 heteroatoms. The molecule has 120 valence electrons. The summed E-state index contributed by atoms with van der Waals surface area (Å²) in [6.45, 7) is 9.51.